The highest BCUT2D eigenvalue weighted by molar-refractivity contribution is 5.89. The number of carboxylic acid groups (broad SMARTS) is 1. The van der Waals surface area contributed by atoms with Gasteiger partial charge in [-0.2, -0.15) is 4.98 Å². The molecule has 1 aromatic carbocycles. The van der Waals surface area contributed by atoms with Crippen molar-refractivity contribution in [1.82, 2.24) is 14.6 Å². The van der Waals surface area contributed by atoms with E-state index in [-0.39, 0.29) is 17.3 Å². The highest BCUT2D eigenvalue weighted by atomic mass is 19.1. The molecule has 0 bridgehead atoms. The van der Waals surface area contributed by atoms with Crippen LogP contribution in [-0.4, -0.2) is 25.7 Å². The van der Waals surface area contributed by atoms with Crippen LogP contribution in [0.15, 0.2) is 36.4 Å². The Labute approximate surface area is 112 Å². The van der Waals surface area contributed by atoms with Gasteiger partial charge in [0.25, 0.3) is 0 Å². The minimum atomic E-state index is -1.17. The van der Waals surface area contributed by atoms with Gasteiger partial charge < -0.3 is 10.8 Å². The molecular weight excluding hydrogens is 263 g/mol. The lowest BCUT2D eigenvalue weighted by Crippen LogP contribution is -2.07. The number of carboxylic acids is 1. The molecule has 0 aliphatic heterocycles. The first-order valence-corrected chi connectivity index (χ1v) is 5.71. The number of nitrogen functional groups attached to an aromatic ring is 1. The topological polar surface area (TPSA) is 93.5 Å². The zero-order chi connectivity index (χ0) is 14.3. The number of aromatic nitrogens is 3. The summed E-state index contributed by atoms with van der Waals surface area (Å²) >= 11 is 0. The van der Waals surface area contributed by atoms with Crippen molar-refractivity contribution in [2.75, 3.05) is 5.73 Å². The number of hydrogen-bond donors (Lipinski definition) is 2. The Balaban J connectivity index is 2.36. The van der Waals surface area contributed by atoms with Crippen LogP contribution in [-0.2, 0) is 0 Å². The van der Waals surface area contributed by atoms with Gasteiger partial charge in [0, 0.05) is 11.1 Å². The zero-order valence-electron chi connectivity index (χ0n) is 10.1. The molecule has 0 saturated heterocycles. The van der Waals surface area contributed by atoms with Gasteiger partial charge in [-0.1, -0.05) is 18.2 Å². The minimum Gasteiger partial charge on any atom is -0.477 e. The summed E-state index contributed by atoms with van der Waals surface area (Å²) in [7, 11) is 0. The lowest BCUT2D eigenvalue weighted by Gasteiger charge is -2.06. The van der Waals surface area contributed by atoms with E-state index in [1.165, 1.54) is 18.2 Å². The molecule has 0 spiro atoms. The zero-order valence-corrected chi connectivity index (χ0v) is 10.1. The second-order valence-corrected chi connectivity index (χ2v) is 4.12. The molecule has 0 aliphatic carbocycles. The average molecular weight is 272 g/mol. The van der Waals surface area contributed by atoms with Crippen LogP contribution < -0.4 is 5.73 Å². The highest BCUT2D eigenvalue weighted by Gasteiger charge is 2.17. The van der Waals surface area contributed by atoms with Crippen molar-refractivity contribution in [3.8, 4) is 11.1 Å². The first-order chi connectivity index (χ1) is 9.58. The number of carbonyl (C=O) groups is 1. The third-order valence-electron chi connectivity index (χ3n) is 2.88. The maximum atomic E-state index is 13.9. The number of aromatic carboxylic acids is 1. The van der Waals surface area contributed by atoms with E-state index in [9.17, 15) is 9.18 Å². The van der Waals surface area contributed by atoms with Crippen LogP contribution in [0.25, 0.3) is 16.8 Å². The number of rotatable bonds is 2. The van der Waals surface area contributed by atoms with Crippen molar-refractivity contribution in [1.29, 1.82) is 0 Å². The summed E-state index contributed by atoms with van der Waals surface area (Å²) < 4.78 is 15.0. The number of anilines is 1. The third kappa shape index (κ3) is 1.76. The molecular formula is C13H9FN4O2. The number of fused-ring (bicyclic) bond motifs is 1. The summed E-state index contributed by atoms with van der Waals surface area (Å²) in [5, 5.41) is 12.9. The number of pyridine rings is 1. The molecule has 0 fully saturated rings. The number of halogens is 1. The van der Waals surface area contributed by atoms with Crippen molar-refractivity contribution in [2.45, 2.75) is 0 Å². The fourth-order valence-electron chi connectivity index (χ4n) is 2.03. The standard InChI is InChI=1S/C13H9FN4O2/c14-9-4-2-1-3-7(9)8-5-6-10(12(19)20)18-11(8)16-13(15)17-18/h1-6H,(H2,15,17)(H,19,20). The van der Waals surface area contributed by atoms with E-state index in [0.717, 1.165) is 4.52 Å². The van der Waals surface area contributed by atoms with E-state index in [1.54, 1.807) is 18.2 Å². The summed E-state index contributed by atoms with van der Waals surface area (Å²) in [5.74, 6) is -1.67. The Morgan fingerprint density at radius 3 is 2.65 bits per heavy atom. The Morgan fingerprint density at radius 2 is 1.95 bits per heavy atom. The van der Waals surface area contributed by atoms with Crippen LogP contribution in [0.1, 0.15) is 10.5 Å². The predicted molar refractivity (Wildman–Crippen MR) is 69.8 cm³/mol. The molecule has 0 aliphatic rings. The summed E-state index contributed by atoms with van der Waals surface area (Å²) in [6.07, 6.45) is 0. The quantitative estimate of drug-likeness (QED) is 0.742. The number of nitrogens with two attached hydrogens (primary N) is 1. The summed E-state index contributed by atoms with van der Waals surface area (Å²) in [4.78, 5) is 15.1. The van der Waals surface area contributed by atoms with E-state index in [0.29, 0.717) is 11.1 Å². The van der Waals surface area contributed by atoms with E-state index in [1.807, 2.05) is 0 Å². The first-order valence-electron chi connectivity index (χ1n) is 5.71. The van der Waals surface area contributed by atoms with E-state index >= 15 is 0 Å². The van der Waals surface area contributed by atoms with Gasteiger partial charge >= 0.3 is 5.97 Å². The summed E-state index contributed by atoms with van der Waals surface area (Å²) in [6.45, 7) is 0. The Hall–Kier alpha value is -2.96. The monoisotopic (exact) mass is 272 g/mol. The first kappa shape index (κ1) is 12.1. The summed E-state index contributed by atoms with van der Waals surface area (Å²) in [5.41, 5.74) is 6.36. The maximum Gasteiger partial charge on any atom is 0.354 e. The van der Waals surface area contributed by atoms with Crippen LogP contribution in [0, 0.1) is 5.82 Å². The minimum absolute atomic E-state index is 0.0729. The van der Waals surface area contributed by atoms with Gasteiger partial charge in [0.2, 0.25) is 5.95 Å². The van der Waals surface area contributed by atoms with Gasteiger partial charge in [0.1, 0.15) is 5.82 Å². The Kier molecular flexibility index (Phi) is 2.60. The molecule has 3 rings (SSSR count). The van der Waals surface area contributed by atoms with Crippen LogP contribution in [0.3, 0.4) is 0 Å². The van der Waals surface area contributed by atoms with Crippen molar-refractivity contribution >= 4 is 17.6 Å². The van der Waals surface area contributed by atoms with E-state index in [2.05, 4.69) is 10.1 Å². The number of benzene rings is 1. The second-order valence-electron chi connectivity index (χ2n) is 4.12. The molecule has 6 nitrogen and oxygen atoms in total. The predicted octanol–water partition coefficient (Wildman–Crippen LogP) is 1.82. The van der Waals surface area contributed by atoms with Crippen molar-refractivity contribution in [3.05, 3.63) is 47.9 Å². The molecule has 0 amide bonds. The highest BCUT2D eigenvalue weighted by Crippen LogP contribution is 2.27. The normalized spacial score (nSPS) is 10.8. The molecule has 2 heterocycles. The molecule has 0 unspecified atom stereocenters. The number of hydrogen-bond acceptors (Lipinski definition) is 4. The second kappa shape index (κ2) is 4.30. The number of nitrogens with zero attached hydrogens (tertiary/aromatic N) is 3. The molecule has 0 saturated carbocycles. The molecule has 3 aromatic rings. The smallest absolute Gasteiger partial charge is 0.354 e. The van der Waals surface area contributed by atoms with Crippen molar-refractivity contribution < 1.29 is 14.3 Å². The van der Waals surface area contributed by atoms with Crippen LogP contribution in [0.2, 0.25) is 0 Å². The molecule has 7 heteroatoms. The van der Waals surface area contributed by atoms with Gasteiger partial charge in [-0.3, -0.25) is 0 Å². The van der Waals surface area contributed by atoms with Crippen molar-refractivity contribution in [3.63, 3.8) is 0 Å². The lowest BCUT2D eigenvalue weighted by molar-refractivity contribution is 0.0687. The van der Waals surface area contributed by atoms with Gasteiger partial charge in [0.05, 0.1) is 0 Å². The van der Waals surface area contributed by atoms with Gasteiger partial charge in [-0.25, -0.2) is 13.7 Å². The average Bonchev–Trinajstić information content (AvgIpc) is 2.79. The van der Waals surface area contributed by atoms with Crippen LogP contribution >= 0.6 is 0 Å². The lowest BCUT2D eigenvalue weighted by atomic mass is 10.1. The molecule has 2 aromatic heterocycles. The van der Waals surface area contributed by atoms with E-state index < -0.39 is 11.8 Å². The molecule has 0 atom stereocenters. The third-order valence-corrected chi connectivity index (χ3v) is 2.88. The maximum absolute atomic E-state index is 13.9. The molecule has 20 heavy (non-hydrogen) atoms. The fraction of sp³-hybridized carbons (Fsp3) is 0. The molecule has 3 N–H and O–H groups in total. The molecule has 100 valence electrons. The van der Waals surface area contributed by atoms with Crippen LogP contribution in [0.4, 0.5) is 10.3 Å². The molecule has 0 radical (unpaired) electrons. The van der Waals surface area contributed by atoms with Gasteiger partial charge in [0.15, 0.2) is 11.3 Å². The van der Waals surface area contributed by atoms with Crippen molar-refractivity contribution in [2.24, 2.45) is 0 Å². The van der Waals surface area contributed by atoms with E-state index in [4.69, 9.17) is 10.8 Å². The summed E-state index contributed by atoms with van der Waals surface area (Å²) in [6, 6.07) is 8.97. The Bertz CT molecular complexity index is 828. The SMILES string of the molecule is Nc1nc2c(-c3ccccc3F)ccc(C(=O)O)n2n1. The van der Waals surface area contributed by atoms with Crippen LogP contribution in [0.5, 0.6) is 0 Å². The van der Waals surface area contributed by atoms with Gasteiger partial charge in [-0.05, 0) is 18.2 Å². The largest absolute Gasteiger partial charge is 0.477 e. The fourth-order valence-corrected chi connectivity index (χ4v) is 2.03. The van der Waals surface area contributed by atoms with Gasteiger partial charge in [-0.15, -0.1) is 5.10 Å². The Morgan fingerprint density at radius 1 is 1.20 bits per heavy atom.